The van der Waals surface area contributed by atoms with E-state index in [0.717, 1.165) is 31.4 Å². The minimum Gasteiger partial charge on any atom is -0.395 e. The molecule has 2 aliphatic carbocycles. The van der Waals surface area contributed by atoms with E-state index in [9.17, 15) is 22.0 Å². The first-order valence-electron chi connectivity index (χ1n) is 13.7. The number of nitrogens with one attached hydrogen (secondary N) is 2. The van der Waals surface area contributed by atoms with Crippen LogP contribution in [0, 0.1) is 11.3 Å². The fraction of sp³-hybridized carbons (Fsp3) is 0.500. The predicted octanol–water partition coefficient (Wildman–Crippen LogP) is 4.45. The summed E-state index contributed by atoms with van der Waals surface area (Å²) in [6, 6.07) is 12.2. The average Bonchev–Trinajstić information content (AvgIpc) is 3.56. The minimum absolute atomic E-state index is 0.169. The second kappa shape index (κ2) is 9.99. The molecule has 214 valence electrons. The van der Waals surface area contributed by atoms with Gasteiger partial charge in [0, 0.05) is 37.9 Å². The molecule has 40 heavy (non-hydrogen) atoms. The van der Waals surface area contributed by atoms with E-state index in [1.54, 1.807) is 16.8 Å². The van der Waals surface area contributed by atoms with Crippen LogP contribution in [0.2, 0.25) is 0 Å². The number of anilines is 3. The first kappa shape index (κ1) is 26.9. The number of amides is 1. The van der Waals surface area contributed by atoms with E-state index in [4.69, 9.17) is 5.11 Å². The van der Waals surface area contributed by atoms with Gasteiger partial charge in [-0.15, -0.1) is 0 Å². The number of nitrogens with zero attached hydrogens (tertiary/aromatic N) is 3. The van der Waals surface area contributed by atoms with Gasteiger partial charge in [0.25, 0.3) is 5.91 Å². The zero-order valence-electron chi connectivity index (χ0n) is 22.1. The number of benzene rings is 2. The summed E-state index contributed by atoms with van der Waals surface area (Å²) in [6.45, 7) is 1.36. The number of carbonyl (C=O) groups excluding carboxylic acids is 1. The Labute approximate surface area is 231 Å². The molecule has 1 amide bonds. The summed E-state index contributed by atoms with van der Waals surface area (Å²) >= 11 is 0. The van der Waals surface area contributed by atoms with Gasteiger partial charge in [0.1, 0.15) is 0 Å². The molecule has 3 fully saturated rings. The number of aliphatic hydroxyl groups is 1. The van der Waals surface area contributed by atoms with Crippen molar-refractivity contribution in [2.24, 2.45) is 11.3 Å². The number of para-hydroxylation sites is 1. The van der Waals surface area contributed by atoms with Gasteiger partial charge < -0.3 is 15.3 Å². The third-order valence-corrected chi connectivity index (χ3v) is 9.76. The predicted molar refractivity (Wildman–Crippen MR) is 149 cm³/mol. The monoisotopic (exact) mass is 573 g/mol. The number of rotatable bonds is 9. The van der Waals surface area contributed by atoms with Crippen LogP contribution < -0.4 is 14.9 Å². The molecule has 1 aliphatic heterocycles. The Morgan fingerprint density at radius 1 is 1.07 bits per heavy atom. The number of hydrogen-bond acceptors (Lipinski definition) is 6. The molecule has 9 nitrogen and oxygen atoms in total. The number of aromatic nitrogens is 2. The number of halogens is 2. The zero-order valence-corrected chi connectivity index (χ0v) is 22.9. The molecule has 2 heterocycles. The standard InChI is InChI=1S/C28H33F2N5O4S/c29-28(30)16-19(17-28)18-35-23-4-2-1-3-21(23)25(32-35)31-26(37)22-6-5-20(33-40(38,39)14-13-36)15-24(22)34-11-9-27(7-8-27)10-12-34/h1-6,15,19,33,36H,7-14,16-18H2,(H,31,32,37). The SMILES string of the molecule is O=C(Nc1nn(CC2CC(F)(F)C2)c2ccccc12)c1ccc(NS(=O)(=O)CCO)cc1N1CCC2(CC1)CC2. The lowest BCUT2D eigenvalue weighted by atomic mass is 9.81. The molecule has 0 atom stereocenters. The van der Waals surface area contributed by atoms with Gasteiger partial charge in [0.2, 0.25) is 15.9 Å². The summed E-state index contributed by atoms with van der Waals surface area (Å²) in [4.78, 5) is 15.8. The summed E-state index contributed by atoms with van der Waals surface area (Å²) in [5, 5.41) is 17.3. The normalized spacial score (nSPS) is 19.9. The largest absolute Gasteiger partial charge is 0.395 e. The Kier molecular flexibility index (Phi) is 6.73. The molecule has 0 radical (unpaired) electrons. The van der Waals surface area contributed by atoms with Gasteiger partial charge >= 0.3 is 0 Å². The van der Waals surface area contributed by atoms with Crippen LogP contribution in [-0.4, -0.2) is 60.6 Å². The highest BCUT2D eigenvalue weighted by Crippen LogP contribution is 2.54. The Hall–Kier alpha value is -3.25. The average molecular weight is 574 g/mol. The van der Waals surface area contributed by atoms with Crippen molar-refractivity contribution in [1.82, 2.24) is 9.78 Å². The summed E-state index contributed by atoms with van der Waals surface area (Å²) < 4.78 is 55.6. The summed E-state index contributed by atoms with van der Waals surface area (Å²) in [6.07, 6.45) is 4.15. The third-order valence-electron chi connectivity index (χ3n) is 8.49. The third kappa shape index (κ3) is 5.51. The number of piperidine rings is 1. The molecule has 1 spiro atoms. The molecule has 3 aromatic rings. The van der Waals surface area contributed by atoms with Gasteiger partial charge in [-0.05, 0) is 67.3 Å². The number of hydrogen-bond donors (Lipinski definition) is 3. The molecule has 2 aromatic carbocycles. The van der Waals surface area contributed by atoms with Gasteiger partial charge in [-0.2, -0.15) is 5.10 Å². The van der Waals surface area contributed by atoms with E-state index in [-0.39, 0.29) is 18.8 Å². The fourth-order valence-corrected chi connectivity index (χ4v) is 6.82. The first-order chi connectivity index (χ1) is 19.1. The zero-order chi connectivity index (χ0) is 28.1. The van der Waals surface area contributed by atoms with Crippen LogP contribution in [-0.2, 0) is 16.6 Å². The number of fused-ring (bicyclic) bond motifs is 1. The van der Waals surface area contributed by atoms with Crippen LogP contribution in [0.3, 0.4) is 0 Å². The topological polar surface area (TPSA) is 117 Å². The van der Waals surface area contributed by atoms with Crippen LogP contribution in [0.1, 0.15) is 48.9 Å². The molecule has 3 aliphatic rings. The molecule has 2 saturated carbocycles. The smallest absolute Gasteiger partial charge is 0.258 e. The quantitative estimate of drug-likeness (QED) is 0.348. The highest BCUT2D eigenvalue weighted by Gasteiger charge is 2.46. The van der Waals surface area contributed by atoms with Gasteiger partial charge in [0.05, 0.1) is 34.8 Å². The molecule has 1 saturated heterocycles. The Bertz CT molecular complexity index is 1540. The Morgan fingerprint density at radius 2 is 1.80 bits per heavy atom. The molecular formula is C28H33F2N5O4S. The molecule has 6 rings (SSSR count). The van der Waals surface area contributed by atoms with Crippen molar-refractivity contribution in [1.29, 1.82) is 0 Å². The van der Waals surface area contributed by atoms with E-state index < -0.39 is 34.2 Å². The lowest BCUT2D eigenvalue weighted by molar-refractivity contribution is -0.114. The molecule has 0 bridgehead atoms. The van der Waals surface area contributed by atoms with E-state index in [0.29, 0.717) is 40.1 Å². The van der Waals surface area contributed by atoms with Crippen molar-refractivity contribution in [3.8, 4) is 0 Å². The van der Waals surface area contributed by atoms with E-state index >= 15 is 0 Å². The minimum atomic E-state index is -3.74. The maximum absolute atomic E-state index is 13.7. The first-order valence-corrected chi connectivity index (χ1v) is 15.4. The van der Waals surface area contributed by atoms with Crippen molar-refractivity contribution in [3.63, 3.8) is 0 Å². The second-order valence-electron chi connectivity index (χ2n) is 11.5. The van der Waals surface area contributed by atoms with E-state index in [1.807, 2.05) is 24.3 Å². The highest BCUT2D eigenvalue weighted by molar-refractivity contribution is 7.92. The highest BCUT2D eigenvalue weighted by atomic mass is 32.2. The fourth-order valence-electron chi connectivity index (χ4n) is 5.99. The second-order valence-corrected chi connectivity index (χ2v) is 13.3. The Morgan fingerprint density at radius 3 is 2.48 bits per heavy atom. The number of alkyl halides is 2. The lowest BCUT2D eigenvalue weighted by Crippen LogP contribution is -2.37. The van der Waals surface area contributed by atoms with Crippen molar-refractivity contribution in [2.45, 2.75) is 51.0 Å². The van der Waals surface area contributed by atoms with E-state index in [2.05, 4.69) is 20.0 Å². The number of aliphatic hydroxyl groups excluding tert-OH is 1. The van der Waals surface area contributed by atoms with Gasteiger partial charge in [-0.1, -0.05) is 12.1 Å². The van der Waals surface area contributed by atoms with Gasteiger partial charge in [-0.25, -0.2) is 17.2 Å². The lowest BCUT2D eigenvalue weighted by Gasteiger charge is -2.35. The summed E-state index contributed by atoms with van der Waals surface area (Å²) in [7, 11) is -3.74. The Balaban J connectivity index is 1.28. The van der Waals surface area contributed by atoms with Crippen LogP contribution in [0.5, 0.6) is 0 Å². The maximum atomic E-state index is 13.7. The van der Waals surface area contributed by atoms with Crippen LogP contribution in [0.4, 0.5) is 26.0 Å². The molecule has 12 heteroatoms. The number of carbonyl (C=O) groups is 1. The van der Waals surface area contributed by atoms with Crippen molar-refractivity contribution in [3.05, 3.63) is 48.0 Å². The van der Waals surface area contributed by atoms with Crippen LogP contribution in [0.25, 0.3) is 10.9 Å². The maximum Gasteiger partial charge on any atom is 0.258 e. The molecular weight excluding hydrogens is 540 g/mol. The van der Waals surface area contributed by atoms with Crippen molar-refractivity contribution in [2.75, 3.05) is 40.4 Å². The summed E-state index contributed by atoms with van der Waals surface area (Å²) in [5.74, 6) is -3.26. The van der Waals surface area contributed by atoms with Gasteiger partial charge in [0.15, 0.2) is 5.82 Å². The van der Waals surface area contributed by atoms with Crippen LogP contribution in [0.15, 0.2) is 42.5 Å². The number of sulfonamides is 1. The molecule has 3 N–H and O–H groups in total. The molecule has 1 aromatic heterocycles. The van der Waals surface area contributed by atoms with Gasteiger partial charge in [-0.3, -0.25) is 14.2 Å². The molecule has 0 unspecified atom stereocenters. The van der Waals surface area contributed by atoms with Crippen molar-refractivity contribution >= 4 is 44.0 Å². The van der Waals surface area contributed by atoms with Crippen molar-refractivity contribution < 1.29 is 27.1 Å². The van der Waals surface area contributed by atoms with Crippen LogP contribution >= 0.6 is 0 Å². The summed E-state index contributed by atoms with van der Waals surface area (Å²) in [5.41, 5.74) is 2.49. The van der Waals surface area contributed by atoms with E-state index in [1.165, 1.54) is 18.9 Å².